The predicted molar refractivity (Wildman–Crippen MR) is 58.6 cm³/mol. The number of nitrogens with zero attached hydrogens (tertiary/aromatic N) is 1. The van der Waals surface area contributed by atoms with Crippen molar-refractivity contribution in [2.24, 2.45) is 0 Å². The number of anilines is 1. The average Bonchev–Trinajstić information content (AvgIpc) is 2.30. The van der Waals surface area contributed by atoms with Gasteiger partial charge in [0.2, 0.25) is 0 Å². The molecule has 1 aromatic carbocycles. The van der Waals surface area contributed by atoms with E-state index < -0.39 is 12.0 Å². The molecule has 1 aliphatic rings. The molecule has 1 aliphatic heterocycles. The minimum absolute atomic E-state index is 0.614. The molecule has 76 valence electrons. The van der Waals surface area contributed by atoms with Crippen molar-refractivity contribution in [2.45, 2.75) is 6.04 Å². The lowest BCUT2D eigenvalue weighted by molar-refractivity contribution is -0.137. The number of rotatable bonds is 2. The first kappa shape index (κ1) is 9.52. The average molecular weight is 201 g/mol. The van der Waals surface area contributed by atoms with Crippen LogP contribution in [-0.4, -0.2) is 17.1 Å². The SMILES string of the molecule is O=C(O)C1C=CC=CN1c1ccccc1. The molecule has 0 radical (unpaired) electrons. The van der Waals surface area contributed by atoms with Gasteiger partial charge in [0, 0.05) is 11.9 Å². The number of aliphatic carboxylic acids is 1. The normalized spacial score (nSPS) is 19.2. The van der Waals surface area contributed by atoms with Gasteiger partial charge < -0.3 is 10.0 Å². The standard InChI is InChI=1S/C12H11NO2/c14-12(15)11-8-4-5-9-13(11)10-6-2-1-3-7-10/h1-9,11H,(H,14,15). The van der Waals surface area contributed by atoms with Crippen LogP contribution in [0.3, 0.4) is 0 Å². The summed E-state index contributed by atoms with van der Waals surface area (Å²) in [6.45, 7) is 0. The molecule has 1 unspecified atom stereocenters. The van der Waals surface area contributed by atoms with Crippen LogP contribution in [0.5, 0.6) is 0 Å². The minimum atomic E-state index is -0.848. The number of hydrogen-bond donors (Lipinski definition) is 1. The second-order valence-electron chi connectivity index (χ2n) is 3.25. The Morgan fingerprint density at radius 3 is 2.60 bits per heavy atom. The minimum Gasteiger partial charge on any atom is -0.479 e. The topological polar surface area (TPSA) is 40.5 Å². The van der Waals surface area contributed by atoms with Gasteiger partial charge in [0.25, 0.3) is 0 Å². The van der Waals surface area contributed by atoms with Crippen LogP contribution in [0.15, 0.2) is 54.8 Å². The molecule has 0 saturated heterocycles. The van der Waals surface area contributed by atoms with Gasteiger partial charge in [0.15, 0.2) is 0 Å². The van der Waals surface area contributed by atoms with Crippen LogP contribution in [0.4, 0.5) is 5.69 Å². The molecule has 3 heteroatoms. The molecule has 3 nitrogen and oxygen atoms in total. The van der Waals surface area contributed by atoms with E-state index in [0.29, 0.717) is 0 Å². The van der Waals surface area contributed by atoms with Crippen molar-refractivity contribution in [3.63, 3.8) is 0 Å². The van der Waals surface area contributed by atoms with E-state index in [-0.39, 0.29) is 0 Å². The van der Waals surface area contributed by atoms with Gasteiger partial charge in [-0.15, -0.1) is 0 Å². The van der Waals surface area contributed by atoms with E-state index in [1.54, 1.807) is 23.3 Å². The highest BCUT2D eigenvalue weighted by Crippen LogP contribution is 2.20. The summed E-state index contributed by atoms with van der Waals surface area (Å²) in [5.41, 5.74) is 0.880. The Morgan fingerprint density at radius 2 is 1.93 bits per heavy atom. The van der Waals surface area contributed by atoms with Crippen LogP contribution >= 0.6 is 0 Å². The number of para-hydroxylation sites is 1. The molecule has 2 rings (SSSR count). The first-order valence-corrected chi connectivity index (χ1v) is 4.70. The fourth-order valence-corrected chi connectivity index (χ4v) is 1.55. The molecule has 0 spiro atoms. The summed E-state index contributed by atoms with van der Waals surface area (Å²) < 4.78 is 0. The van der Waals surface area contributed by atoms with Crippen LogP contribution in [0, 0.1) is 0 Å². The van der Waals surface area contributed by atoms with Gasteiger partial charge >= 0.3 is 5.97 Å². The Morgan fingerprint density at radius 1 is 1.20 bits per heavy atom. The van der Waals surface area contributed by atoms with Crippen molar-refractivity contribution in [3.05, 3.63) is 54.8 Å². The molecule has 1 aromatic rings. The Bertz CT molecular complexity index is 409. The van der Waals surface area contributed by atoms with Crippen molar-refractivity contribution in [2.75, 3.05) is 4.90 Å². The molecular formula is C12H11NO2. The van der Waals surface area contributed by atoms with E-state index in [1.807, 2.05) is 36.4 Å². The third-order valence-corrected chi connectivity index (χ3v) is 2.26. The second kappa shape index (κ2) is 4.00. The number of carboxylic acid groups (broad SMARTS) is 1. The molecule has 0 aromatic heterocycles. The largest absolute Gasteiger partial charge is 0.479 e. The summed E-state index contributed by atoms with van der Waals surface area (Å²) in [5, 5.41) is 9.04. The molecule has 0 fully saturated rings. The highest BCUT2D eigenvalue weighted by molar-refractivity contribution is 5.82. The summed E-state index contributed by atoms with van der Waals surface area (Å²) in [6.07, 6.45) is 7.01. The molecule has 0 aliphatic carbocycles. The lowest BCUT2D eigenvalue weighted by Gasteiger charge is -2.27. The van der Waals surface area contributed by atoms with E-state index in [0.717, 1.165) is 5.69 Å². The maximum atomic E-state index is 11.0. The number of carbonyl (C=O) groups is 1. The number of carboxylic acids is 1. The Labute approximate surface area is 88.0 Å². The highest BCUT2D eigenvalue weighted by atomic mass is 16.4. The smallest absolute Gasteiger partial charge is 0.330 e. The van der Waals surface area contributed by atoms with Gasteiger partial charge in [-0.25, -0.2) is 4.79 Å². The number of benzene rings is 1. The van der Waals surface area contributed by atoms with E-state index >= 15 is 0 Å². The zero-order chi connectivity index (χ0) is 10.7. The summed E-state index contributed by atoms with van der Waals surface area (Å²) in [7, 11) is 0. The third-order valence-electron chi connectivity index (χ3n) is 2.26. The predicted octanol–water partition coefficient (Wildman–Crippen LogP) is 2.03. The number of hydrogen-bond acceptors (Lipinski definition) is 2. The fraction of sp³-hybridized carbons (Fsp3) is 0.0833. The summed E-state index contributed by atoms with van der Waals surface area (Å²) in [4.78, 5) is 12.7. The van der Waals surface area contributed by atoms with Crippen LogP contribution in [0.2, 0.25) is 0 Å². The van der Waals surface area contributed by atoms with E-state index in [1.165, 1.54) is 0 Å². The van der Waals surface area contributed by atoms with E-state index in [4.69, 9.17) is 5.11 Å². The molecular weight excluding hydrogens is 190 g/mol. The van der Waals surface area contributed by atoms with Crippen molar-refractivity contribution < 1.29 is 9.90 Å². The maximum absolute atomic E-state index is 11.0. The Balaban J connectivity index is 2.32. The first-order chi connectivity index (χ1) is 7.29. The second-order valence-corrected chi connectivity index (χ2v) is 3.25. The van der Waals surface area contributed by atoms with Gasteiger partial charge in [-0.05, 0) is 18.2 Å². The van der Waals surface area contributed by atoms with Crippen molar-refractivity contribution in [1.29, 1.82) is 0 Å². The Kier molecular flexibility index (Phi) is 2.54. The van der Waals surface area contributed by atoms with Gasteiger partial charge in [0.05, 0.1) is 0 Å². The Hall–Kier alpha value is -2.03. The zero-order valence-corrected chi connectivity index (χ0v) is 8.08. The lowest BCUT2D eigenvalue weighted by atomic mass is 10.1. The van der Waals surface area contributed by atoms with Gasteiger partial charge in [-0.2, -0.15) is 0 Å². The van der Waals surface area contributed by atoms with Gasteiger partial charge in [-0.3, -0.25) is 0 Å². The highest BCUT2D eigenvalue weighted by Gasteiger charge is 2.22. The van der Waals surface area contributed by atoms with Crippen LogP contribution in [0.1, 0.15) is 0 Å². The molecule has 0 amide bonds. The van der Waals surface area contributed by atoms with Crippen molar-refractivity contribution in [3.8, 4) is 0 Å². The molecule has 1 atom stereocenters. The molecule has 0 saturated carbocycles. The molecule has 1 heterocycles. The van der Waals surface area contributed by atoms with E-state index in [2.05, 4.69) is 0 Å². The third kappa shape index (κ3) is 1.91. The summed E-state index contributed by atoms with van der Waals surface area (Å²) in [6, 6.07) is 8.85. The molecule has 15 heavy (non-hydrogen) atoms. The lowest BCUT2D eigenvalue weighted by Crippen LogP contribution is -2.37. The fourth-order valence-electron chi connectivity index (χ4n) is 1.55. The van der Waals surface area contributed by atoms with Gasteiger partial charge in [-0.1, -0.05) is 30.4 Å². The van der Waals surface area contributed by atoms with Crippen molar-refractivity contribution in [1.82, 2.24) is 0 Å². The summed E-state index contributed by atoms with van der Waals surface area (Å²) in [5.74, 6) is -0.848. The van der Waals surface area contributed by atoms with E-state index in [9.17, 15) is 4.79 Å². The summed E-state index contributed by atoms with van der Waals surface area (Å²) >= 11 is 0. The molecule has 1 N–H and O–H groups in total. The quantitative estimate of drug-likeness (QED) is 0.795. The van der Waals surface area contributed by atoms with Crippen LogP contribution in [-0.2, 0) is 4.79 Å². The number of allylic oxidation sites excluding steroid dienone is 2. The van der Waals surface area contributed by atoms with Crippen LogP contribution < -0.4 is 4.90 Å². The zero-order valence-electron chi connectivity index (χ0n) is 8.08. The first-order valence-electron chi connectivity index (χ1n) is 4.70. The maximum Gasteiger partial charge on any atom is 0.330 e. The molecule has 0 bridgehead atoms. The van der Waals surface area contributed by atoms with Crippen molar-refractivity contribution >= 4 is 11.7 Å². The van der Waals surface area contributed by atoms with Gasteiger partial charge in [0.1, 0.15) is 6.04 Å². The van der Waals surface area contributed by atoms with Crippen LogP contribution in [0.25, 0.3) is 0 Å². The monoisotopic (exact) mass is 201 g/mol.